The van der Waals surface area contributed by atoms with Gasteiger partial charge in [-0.15, -0.1) is 71.8 Å². The van der Waals surface area contributed by atoms with Gasteiger partial charge >= 0.3 is 42.1 Å². The number of fused-ring (bicyclic) bond motifs is 3. The second-order valence-corrected chi connectivity index (χ2v) is 12.8. The van der Waals surface area contributed by atoms with Crippen LogP contribution >= 0.6 is 0 Å². The van der Waals surface area contributed by atoms with E-state index in [-0.39, 0.29) is 42.1 Å². The molecule has 4 aromatic heterocycles. The first-order valence-corrected chi connectivity index (χ1v) is 16.8. The summed E-state index contributed by atoms with van der Waals surface area (Å²) in [5.74, 6) is 3.32. The van der Waals surface area contributed by atoms with Gasteiger partial charge in [-0.3, -0.25) is 0 Å². The Bertz CT molecular complexity index is 2370. The molecule has 0 spiro atoms. The van der Waals surface area contributed by atoms with Crippen LogP contribution in [0.25, 0.3) is 50.3 Å². The molecular formula is C43H32N6O2Pt2. The third-order valence-electron chi connectivity index (χ3n) is 8.64. The zero-order valence-corrected chi connectivity index (χ0v) is 33.7. The summed E-state index contributed by atoms with van der Waals surface area (Å²) in [6.07, 6.45) is 6.60. The minimum Gasteiger partial charge on any atom is -0.503 e. The zero-order chi connectivity index (χ0) is 34.9. The van der Waals surface area contributed by atoms with Gasteiger partial charge in [-0.25, -0.2) is 15.0 Å². The monoisotopic (exact) mass is 1050 g/mol. The van der Waals surface area contributed by atoms with E-state index >= 15 is 0 Å². The van der Waals surface area contributed by atoms with Gasteiger partial charge in [0.25, 0.3) is 0 Å². The smallest absolute Gasteiger partial charge is 0.503 e. The molecule has 0 atom stereocenters. The van der Waals surface area contributed by atoms with Crippen molar-refractivity contribution in [1.29, 1.82) is 0 Å². The molecule has 266 valence electrons. The number of pyridine rings is 2. The van der Waals surface area contributed by atoms with Crippen molar-refractivity contribution >= 4 is 21.8 Å². The Hall–Kier alpha value is -5.03. The van der Waals surface area contributed by atoms with Crippen molar-refractivity contribution in [2.24, 2.45) is 0 Å². The molecule has 0 aliphatic rings. The second-order valence-electron chi connectivity index (χ2n) is 12.8. The van der Waals surface area contributed by atoms with E-state index in [1.807, 2.05) is 89.8 Å². The molecule has 0 fully saturated rings. The van der Waals surface area contributed by atoms with E-state index in [4.69, 9.17) is 9.47 Å². The number of ether oxygens (including phenoxy) is 2. The number of hydrogen-bond donors (Lipinski definition) is 0. The van der Waals surface area contributed by atoms with Crippen LogP contribution in [0.5, 0.6) is 23.0 Å². The number of rotatable bonds is 9. The number of aromatic nitrogens is 6. The van der Waals surface area contributed by atoms with Crippen molar-refractivity contribution < 1.29 is 51.6 Å². The summed E-state index contributed by atoms with van der Waals surface area (Å²) < 4.78 is 14.6. The molecule has 0 unspecified atom stereocenters. The molecule has 4 aromatic carbocycles. The maximum atomic E-state index is 6.33. The fraction of sp³-hybridized carbons (Fsp3) is 0.140. The van der Waals surface area contributed by atoms with Crippen molar-refractivity contribution in [2.45, 2.75) is 39.5 Å². The van der Waals surface area contributed by atoms with Crippen molar-refractivity contribution in [2.75, 3.05) is 0 Å². The number of hydrogen-bond acceptors (Lipinski definition) is 7. The number of nitrogens with zero attached hydrogens (tertiary/aromatic N) is 6. The minimum absolute atomic E-state index is 0. The van der Waals surface area contributed by atoms with Gasteiger partial charge in [-0.2, -0.15) is 22.9 Å². The molecule has 0 N–H and O–H groups in total. The molecule has 0 aliphatic heterocycles. The van der Waals surface area contributed by atoms with Gasteiger partial charge in [0, 0.05) is 35.4 Å². The van der Waals surface area contributed by atoms with Crippen molar-refractivity contribution in [3.05, 3.63) is 145 Å². The predicted molar refractivity (Wildman–Crippen MR) is 197 cm³/mol. The predicted octanol–water partition coefficient (Wildman–Crippen LogP) is 10.1. The van der Waals surface area contributed by atoms with Crippen molar-refractivity contribution in [3.8, 4) is 51.5 Å². The van der Waals surface area contributed by atoms with Crippen LogP contribution in [0.15, 0.2) is 110 Å². The number of benzene rings is 4. The molecule has 0 aliphatic carbocycles. The van der Waals surface area contributed by atoms with Crippen LogP contribution in [0, 0.1) is 24.3 Å². The summed E-state index contributed by atoms with van der Waals surface area (Å²) in [7, 11) is 0. The average Bonchev–Trinajstić information content (AvgIpc) is 3.48. The Morgan fingerprint density at radius 1 is 0.528 bits per heavy atom. The average molecular weight is 1050 g/mol. The van der Waals surface area contributed by atoms with Gasteiger partial charge < -0.3 is 24.0 Å². The van der Waals surface area contributed by atoms with E-state index in [0.29, 0.717) is 51.8 Å². The summed E-state index contributed by atoms with van der Waals surface area (Å²) in [6, 6.07) is 41.3. The first-order chi connectivity index (χ1) is 24.9. The van der Waals surface area contributed by atoms with Crippen LogP contribution in [-0.2, 0) is 42.1 Å². The van der Waals surface area contributed by atoms with Crippen LogP contribution < -0.4 is 9.47 Å². The minimum atomic E-state index is 0. The summed E-state index contributed by atoms with van der Waals surface area (Å²) in [5.41, 5.74) is 7.24. The van der Waals surface area contributed by atoms with Crippen LogP contribution in [0.2, 0.25) is 0 Å². The van der Waals surface area contributed by atoms with Crippen LogP contribution in [0.4, 0.5) is 0 Å². The summed E-state index contributed by atoms with van der Waals surface area (Å²) in [6.45, 7) is 8.66. The Morgan fingerprint density at radius 3 is 1.43 bits per heavy atom. The van der Waals surface area contributed by atoms with Gasteiger partial charge in [-0.05, 0) is 35.4 Å². The second kappa shape index (κ2) is 16.3. The van der Waals surface area contributed by atoms with Gasteiger partial charge in [0.15, 0.2) is 0 Å². The molecule has 8 aromatic rings. The molecule has 0 saturated carbocycles. The van der Waals surface area contributed by atoms with Crippen molar-refractivity contribution in [1.82, 2.24) is 29.5 Å². The van der Waals surface area contributed by atoms with Crippen LogP contribution in [0.3, 0.4) is 0 Å². The van der Waals surface area contributed by atoms with Gasteiger partial charge in [-0.1, -0.05) is 74.1 Å². The zero-order valence-electron chi connectivity index (χ0n) is 29.2. The van der Waals surface area contributed by atoms with E-state index in [9.17, 15) is 0 Å². The summed E-state index contributed by atoms with van der Waals surface area (Å²) >= 11 is 0. The molecule has 0 bridgehead atoms. The fourth-order valence-electron chi connectivity index (χ4n) is 5.95. The molecule has 10 heteroatoms. The Labute approximate surface area is 337 Å². The maximum absolute atomic E-state index is 6.33. The summed E-state index contributed by atoms with van der Waals surface area (Å²) in [4.78, 5) is 22.1. The molecule has 53 heavy (non-hydrogen) atoms. The van der Waals surface area contributed by atoms with E-state index < -0.39 is 0 Å². The Morgan fingerprint density at radius 2 is 0.981 bits per heavy atom. The van der Waals surface area contributed by atoms with Gasteiger partial charge in [0.05, 0.1) is 0 Å². The molecular weight excluding hydrogens is 1020 g/mol. The van der Waals surface area contributed by atoms with Crippen LogP contribution in [-0.4, -0.2) is 29.5 Å². The van der Waals surface area contributed by atoms with Crippen molar-refractivity contribution in [3.63, 3.8) is 0 Å². The SMILES string of the molecule is CC(C)c1ccnc(-c2[c-]c(Oc3[c-]c4c(cc3)c3ccc(Oc5[c-]c(-c6cc(C(C)C)ccn6)ccc5)[c-]c3n4-c3ncncn3)ccc2)c1.[Pt+2].[Pt+2]. The topological polar surface area (TPSA) is 87.8 Å². The molecule has 8 rings (SSSR count). The Balaban J connectivity index is 0.00000240. The van der Waals surface area contributed by atoms with Crippen LogP contribution in [0.1, 0.15) is 50.7 Å². The summed E-state index contributed by atoms with van der Waals surface area (Å²) in [5, 5.41) is 1.86. The molecule has 0 amide bonds. The normalized spacial score (nSPS) is 11.1. The van der Waals surface area contributed by atoms with E-state index in [1.165, 1.54) is 23.8 Å². The first kappa shape index (κ1) is 37.7. The maximum Gasteiger partial charge on any atom is 2.00 e. The van der Waals surface area contributed by atoms with Gasteiger partial charge in [0.2, 0.25) is 5.95 Å². The third kappa shape index (κ3) is 8.00. The van der Waals surface area contributed by atoms with E-state index in [1.54, 1.807) is 0 Å². The quantitative estimate of drug-likeness (QED) is 0.133. The Kier molecular flexibility index (Phi) is 11.6. The fourth-order valence-corrected chi connectivity index (χ4v) is 5.95. The van der Waals surface area contributed by atoms with Gasteiger partial charge in [0.1, 0.15) is 12.7 Å². The third-order valence-corrected chi connectivity index (χ3v) is 8.64. The first-order valence-electron chi connectivity index (χ1n) is 16.8. The molecule has 0 radical (unpaired) electrons. The molecule has 8 nitrogen and oxygen atoms in total. The standard InChI is InChI=1S/C43H32N6O2.2Pt/c1-27(2)29-15-17-45-39(21-29)31-7-5-9-33(19-31)50-35-11-13-37-38-14-12-36(24-42(38)49(41(37)23-35)43-47-25-44-26-48-43)51-34-10-6-8-32(20-34)40-22-30(28(3)4)16-18-46-40;;/h5-18,21-22,25-28H,1-4H3;;/q-4;2*+2. The van der Waals surface area contributed by atoms with E-state index in [0.717, 1.165) is 33.3 Å². The largest absolute Gasteiger partial charge is 2.00 e. The molecule has 0 saturated heterocycles. The molecule has 4 heterocycles. The van der Waals surface area contributed by atoms with E-state index in [2.05, 4.69) is 89.0 Å².